The van der Waals surface area contributed by atoms with Crippen molar-refractivity contribution in [2.24, 2.45) is 0 Å². The van der Waals surface area contributed by atoms with Crippen LogP contribution in [0.15, 0.2) is 89.8 Å². The van der Waals surface area contributed by atoms with Gasteiger partial charge < -0.3 is 14.9 Å². The second-order valence-electron chi connectivity index (χ2n) is 6.73. The van der Waals surface area contributed by atoms with E-state index in [1.54, 1.807) is 50.6 Å². The van der Waals surface area contributed by atoms with E-state index in [2.05, 4.69) is 5.43 Å². The molecule has 1 aliphatic heterocycles. The third-order valence-electron chi connectivity index (χ3n) is 4.94. The Balaban J connectivity index is 1.78. The number of ether oxygens (including phenoxy) is 2. The summed E-state index contributed by atoms with van der Waals surface area (Å²) in [5.41, 5.74) is 5.42. The van der Waals surface area contributed by atoms with Gasteiger partial charge >= 0.3 is 0 Å². The Morgan fingerprint density at radius 3 is 2.10 bits per heavy atom. The van der Waals surface area contributed by atoms with Crippen LogP contribution in [0.25, 0.3) is 5.70 Å². The van der Waals surface area contributed by atoms with Crippen molar-refractivity contribution in [1.29, 1.82) is 0 Å². The molecule has 1 N–H and O–H groups in total. The van der Waals surface area contributed by atoms with Gasteiger partial charge in [0.25, 0.3) is 10.0 Å². The predicted molar refractivity (Wildman–Crippen MR) is 115 cm³/mol. The number of hydrogen-bond donors (Lipinski definition) is 1. The number of hydrogen-bond acceptors (Lipinski definition) is 5. The molecule has 1 aliphatic rings. The smallest absolute Gasteiger partial charge is 0.260 e. The van der Waals surface area contributed by atoms with E-state index >= 15 is 0 Å². The topological polar surface area (TPSA) is 67.9 Å². The molecule has 7 heteroatoms. The van der Waals surface area contributed by atoms with Gasteiger partial charge in [-0.05, 0) is 42.0 Å². The fourth-order valence-corrected chi connectivity index (χ4v) is 4.84. The first-order valence-electron chi connectivity index (χ1n) is 9.40. The van der Waals surface area contributed by atoms with Crippen molar-refractivity contribution in [3.63, 3.8) is 0 Å². The zero-order valence-electron chi connectivity index (χ0n) is 16.6. The molecule has 6 nitrogen and oxygen atoms in total. The molecule has 0 bridgehead atoms. The fraction of sp³-hybridized carbons (Fsp3) is 0.130. The number of hydrazine groups is 1. The highest BCUT2D eigenvalue weighted by atomic mass is 32.2. The van der Waals surface area contributed by atoms with E-state index in [4.69, 9.17) is 9.47 Å². The van der Waals surface area contributed by atoms with Crippen molar-refractivity contribution in [1.82, 2.24) is 9.84 Å². The zero-order valence-corrected chi connectivity index (χ0v) is 17.5. The molecule has 154 valence electrons. The van der Waals surface area contributed by atoms with Crippen LogP contribution in [-0.4, -0.2) is 27.1 Å². The lowest BCUT2D eigenvalue weighted by atomic mass is 10.1. The van der Waals surface area contributed by atoms with Crippen LogP contribution in [0.2, 0.25) is 0 Å². The number of nitrogens with one attached hydrogen (secondary N) is 1. The summed E-state index contributed by atoms with van der Waals surface area (Å²) >= 11 is 0. The maximum atomic E-state index is 13.4. The summed E-state index contributed by atoms with van der Waals surface area (Å²) in [4.78, 5) is 0.223. The van der Waals surface area contributed by atoms with Crippen LogP contribution in [0.1, 0.15) is 17.2 Å². The van der Waals surface area contributed by atoms with Crippen LogP contribution in [0.3, 0.4) is 0 Å². The molecule has 30 heavy (non-hydrogen) atoms. The molecule has 3 aromatic rings. The van der Waals surface area contributed by atoms with Gasteiger partial charge in [-0.1, -0.05) is 48.5 Å². The van der Waals surface area contributed by atoms with Crippen molar-refractivity contribution in [3.05, 3.63) is 96.1 Å². The quantitative estimate of drug-likeness (QED) is 0.651. The Hall–Kier alpha value is -3.29. The van der Waals surface area contributed by atoms with Gasteiger partial charge in [-0.3, -0.25) is 0 Å². The number of benzene rings is 3. The third-order valence-corrected chi connectivity index (χ3v) is 6.65. The largest absolute Gasteiger partial charge is 0.493 e. The summed E-state index contributed by atoms with van der Waals surface area (Å²) in [5, 5.41) is 0. The molecule has 3 aromatic carbocycles. The van der Waals surface area contributed by atoms with Crippen LogP contribution in [0.5, 0.6) is 11.5 Å². The second-order valence-corrected chi connectivity index (χ2v) is 8.55. The third kappa shape index (κ3) is 3.65. The van der Waals surface area contributed by atoms with Gasteiger partial charge in [0.15, 0.2) is 11.5 Å². The first-order chi connectivity index (χ1) is 14.5. The van der Waals surface area contributed by atoms with Gasteiger partial charge in [0, 0.05) is 5.56 Å². The van der Waals surface area contributed by atoms with Gasteiger partial charge in [0.1, 0.15) is 0 Å². The minimum Gasteiger partial charge on any atom is -0.493 e. The Morgan fingerprint density at radius 1 is 0.833 bits per heavy atom. The standard InChI is InChI=1S/C23H22N2O4S/c1-28-22-14-13-18(15-23(22)29-2)20-16-21(17-9-5-3-6-10-17)25(24-20)30(26,27)19-11-7-4-8-12-19/h3-16,21,24H,1-2H3/t21-/m0/s1. The molecular formula is C23H22N2O4S. The Kier molecular flexibility index (Phi) is 5.48. The maximum absolute atomic E-state index is 13.4. The van der Waals surface area contributed by atoms with Gasteiger partial charge in [-0.25, -0.2) is 8.42 Å². The Bertz CT molecular complexity index is 1160. The number of nitrogens with zero attached hydrogens (tertiary/aromatic N) is 1. The van der Waals surface area contributed by atoms with Gasteiger partial charge in [-0.2, -0.15) is 0 Å². The molecular weight excluding hydrogens is 400 g/mol. The minimum absolute atomic E-state index is 0.223. The molecule has 0 saturated heterocycles. The molecule has 1 atom stereocenters. The van der Waals surface area contributed by atoms with Crippen molar-refractivity contribution < 1.29 is 17.9 Å². The van der Waals surface area contributed by atoms with E-state index in [0.29, 0.717) is 17.2 Å². The van der Waals surface area contributed by atoms with E-state index < -0.39 is 16.1 Å². The minimum atomic E-state index is -3.79. The van der Waals surface area contributed by atoms with E-state index in [9.17, 15) is 8.42 Å². The lowest BCUT2D eigenvalue weighted by Crippen LogP contribution is -2.39. The monoisotopic (exact) mass is 422 g/mol. The zero-order chi connectivity index (χ0) is 21.1. The molecule has 0 spiro atoms. The number of rotatable bonds is 6. The molecule has 1 heterocycles. The van der Waals surface area contributed by atoms with Crippen molar-refractivity contribution >= 4 is 15.7 Å². The summed E-state index contributed by atoms with van der Waals surface area (Å²) in [5.74, 6) is 1.17. The van der Waals surface area contributed by atoms with Crippen molar-refractivity contribution in [2.75, 3.05) is 14.2 Å². The van der Waals surface area contributed by atoms with Gasteiger partial charge in [0.2, 0.25) is 0 Å². The molecule has 0 radical (unpaired) electrons. The molecule has 0 saturated carbocycles. The van der Waals surface area contributed by atoms with Crippen molar-refractivity contribution in [2.45, 2.75) is 10.9 Å². The summed E-state index contributed by atoms with van der Waals surface area (Å²) in [6, 6.07) is 22.9. The van der Waals surface area contributed by atoms with E-state index in [1.165, 1.54) is 4.41 Å². The Labute approximate surface area is 176 Å². The highest BCUT2D eigenvalue weighted by Crippen LogP contribution is 2.37. The summed E-state index contributed by atoms with van der Waals surface area (Å²) in [7, 11) is -0.651. The number of methoxy groups -OCH3 is 2. The Morgan fingerprint density at radius 2 is 1.47 bits per heavy atom. The summed E-state index contributed by atoms with van der Waals surface area (Å²) < 4.78 is 38.8. The van der Waals surface area contributed by atoms with Crippen LogP contribution >= 0.6 is 0 Å². The van der Waals surface area contributed by atoms with Crippen LogP contribution < -0.4 is 14.9 Å². The predicted octanol–water partition coefficient (Wildman–Crippen LogP) is 4.00. The first-order valence-corrected chi connectivity index (χ1v) is 10.8. The van der Waals surface area contributed by atoms with E-state index in [-0.39, 0.29) is 4.90 Å². The first kappa shape index (κ1) is 20.0. The average Bonchev–Trinajstić information content (AvgIpc) is 3.26. The maximum Gasteiger partial charge on any atom is 0.260 e. The second kappa shape index (κ2) is 8.22. The normalized spacial score (nSPS) is 16.6. The summed E-state index contributed by atoms with van der Waals surface area (Å²) in [6.07, 6.45) is 1.90. The van der Waals surface area contributed by atoms with Gasteiger partial charge in [0.05, 0.1) is 30.9 Å². The molecule has 0 aliphatic carbocycles. The van der Waals surface area contributed by atoms with E-state index in [0.717, 1.165) is 11.1 Å². The summed E-state index contributed by atoms with van der Waals surface area (Å²) in [6.45, 7) is 0. The molecule has 0 amide bonds. The molecule has 0 unspecified atom stereocenters. The average molecular weight is 423 g/mol. The lowest BCUT2D eigenvalue weighted by Gasteiger charge is -2.25. The van der Waals surface area contributed by atoms with Crippen LogP contribution in [-0.2, 0) is 10.0 Å². The SMILES string of the molecule is COc1ccc(C2=C[C@@H](c3ccccc3)N(S(=O)(=O)c3ccccc3)N2)cc1OC. The highest BCUT2D eigenvalue weighted by molar-refractivity contribution is 7.89. The highest BCUT2D eigenvalue weighted by Gasteiger charge is 2.37. The van der Waals surface area contributed by atoms with Gasteiger partial charge in [-0.15, -0.1) is 4.41 Å². The molecule has 4 rings (SSSR count). The molecule has 0 fully saturated rings. The fourth-order valence-electron chi connectivity index (χ4n) is 3.41. The lowest BCUT2D eigenvalue weighted by molar-refractivity contribution is 0.347. The van der Waals surface area contributed by atoms with E-state index in [1.807, 2.05) is 48.5 Å². The van der Waals surface area contributed by atoms with Crippen LogP contribution in [0, 0.1) is 0 Å². The number of sulfonamides is 1. The van der Waals surface area contributed by atoms with Crippen LogP contribution in [0.4, 0.5) is 0 Å². The van der Waals surface area contributed by atoms with Crippen molar-refractivity contribution in [3.8, 4) is 11.5 Å². The molecule has 0 aromatic heterocycles.